The van der Waals surface area contributed by atoms with Crippen molar-refractivity contribution in [2.45, 2.75) is 37.7 Å². The van der Waals surface area contributed by atoms with Crippen LogP contribution in [0.15, 0.2) is 36.5 Å². The fraction of sp³-hybridized carbons (Fsp3) is 0.520. The summed E-state index contributed by atoms with van der Waals surface area (Å²) in [5.41, 5.74) is -2.98. The van der Waals surface area contributed by atoms with E-state index < -0.39 is 34.1 Å². The number of hydrogen-bond acceptors (Lipinski definition) is 7. The summed E-state index contributed by atoms with van der Waals surface area (Å²) in [6, 6.07) is 5.01. The number of alkyl halides is 6. The maximum absolute atomic E-state index is 13.2. The number of piperidine rings is 1. The van der Waals surface area contributed by atoms with Gasteiger partial charge in [0, 0.05) is 76.2 Å². The first kappa shape index (κ1) is 29.4. The highest BCUT2D eigenvalue weighted by molar-refractivity contribution is 5.76. The molecule has 1 N–H and O–H groups in total. The van der Waals surface area contributed by atoms with Gasteiger partial charge in [-0.3, -0.25) is 19.8 Å². The molecule has 1 aromatic heterocycles. The van der Waals surface area contributed by atoms with Gasteiger partial charge in [0.2, 0.25) is 5.91 Å². The molecule has 40 heavy (non-hydrogen) atoms. The van der Waals surface area contributed by atoms with Crippen LogP contribution in [0.1, 0.15) is 30.4 Å². The number of anilines is 2. The predicted molar refractivity (Wildman–Crippen MR) is 134 cm³/mol. The number of amides is 1. The maximum atomic E-state index is 13.2. The lowest BCUT2D eigenvalue weighted by Gasteiger charge is -2.36. The van der Waals surface area contributed by atoms with Crippen LogP contribution in [-0.4, -0.2) is 77.5 Å². The fourth-order valence-corrected chi connectivity index (χ4v) is 4.87. The van der Waals surface area contributed by atoms with Gasteiger partial charge in [0.25, 0.3) is 5.69 Å². The summed E-state index contributed by atoms with van der Waals surface area (Å²) < 4.78 is 77.9. The Labute approximate surface area is 225 Å². The highest BCUT2D eigenvalue weighted by Gasteiger charge is 2.38. The van der Waals surface area contributed by atoms with Crippen molar-refractivity contribution in [2.24, 2.45) is 0 Å². The number of likely N-dealkylation sites (tertiary alicyclic amines) is 1. The number of hydrogen-bond donors (Lipinski definition) is 1. The molecule has 3 heterocycles. The van der Waals surface area contributed by atoms with Gasteiger partial charge < -0.3 is 15.1 Å². The molecule has 0 bridgehead atoms. The quantitative estimate of drug-likeness (QED) is 0.293. The first-order valence-electron chi connectivity index (χ1n) is 12.7. The molecule has 4 rings (SSSR count). The number of nitrogens with zero attached hydrogens (tertiary/aromatic N) is 5. The Hall–Kier alpha value is -3.62. The van der Waals surface area contributed by atoms with Gasteiger partial charge in [0.15, 0.2) is 0 Å². The minimum atomic E-state index is -4.86. The lowest BCUT2D eigenvalue weighted by atomic mass is 10.0. The third-order valence-electron chi connectivity index (χ3n) is 7.13. The van der Waals surface area contributed by atoms with Gasteiger partial charge in [-0.25, -0.2) is 4.98 Å². The number of aromatic nitrogens is 1. The number of halogens is 6. The van der Waals surface area contributed by atoms with E-state index in [0.29, 0.717) is 70.9 Å². The van der Waals surface area contributed by atoms with E-state index in [1.807, 2.05) is 4.90 Å². The molecule has 2 fully saturated rings. The van der Waals surface area contributed by atoms with E-state index >= 15 is 0 Å². The van der Waals surface area contributed by atoms with Crippen molar-refractivity contribution in [3.8, 4) is 0 Å². The van der Waals surface area contributed by atoms with E-state index in [-0.39, 0.29) is 17.6 Å². The zero-order valence-corrected chi connectivity index (χ0v) is 21.3. The molecule has 9 nitrogen and oxygen atoms in total. The fourth-order valence-electron chi connectivity index (χ4n) is 4.87. The topological polar surface area (TPSA) is 94.9 Å². The van der Waals surface area contributed by atoms with Crippen LogP contribution in [0, 0.1) is 10.1 Å². The largest absolute Gasteiger partial charge is 0.423 e. The number of carbonyl (C=O) groups is 1. The second-order valence-electron chi connectivity index (χ2n) is 9.77. The lowest BCUT2D eigenvalue weighted by molar-refractivity contribution is -0.388. The van der Waals surface area contributed by atoms with Crippen LogP contribution in [0.5, 0.6) is 0 Å². The minimum Gasteiger partial charge on any atom is -0.382 e. The van der Waals surface area contributed by atoms with E-state index in [9.17, 15) is 41.3 Å². The second-order valence-corrected chi connectivity index (χ2v) is 9.77. The normalized spacial score (nSPS) is 17.6. The van der Waals surface area contributed by atoms with Crippen LogP contribution in [0.4, 0.5) is 43.5 Å². The first-order valence-corrected chi connectivity index (χ1v) is 12.7. The molecule has 1 aromatic carbocycles. The first-order chi connectivity index (χ1) is 18.8. The summed E-state index contributed by atoms with van der Waals surface area (Å²) in [6.07, 6.45) is -7.14. The van der Waals surface area contributed by atoms with Crippen LogP contribution in [0.3, 0.4) is 0 Å². The number of nitro groups is 1. The van der Waals surface area contributed by atoms with Gasteiger partial charge in [-0.2, -0.15) is 26.3 Å². The van der Waals surface area contributed by atoms with Gasteiger partial charge in [-0.05, 0) is 37.1 Å². The van der Waals surface area contributed by atoms with E-state index in [2.05, 4.69) is 15.2 Å². The molecule has 0 spiro atoms. The van der Waals surface area contributed by atoms with Crippen molar-refractivity contribution >= 4 is 23.1 Å². The zero-order valence-electron chi connectivity index (χ0n) is 21.3. The Morgan fingerprint density at radius 1 is 0.975 bits per heavy atom. The number of rotatable bonds is 7. The minimum absolute atomic E-state index is 0.0278. The molecule has 2 aromatic rings. The summed E-state index contributed by atoms with van der Waals surface area (Å²) in [6.45, 7) is 3.82. The Balaban J connectivity index is 1.19. The number of benzene rings is 1. The van der Waals surface area contributed by atoms with Gasteiger partial charge in [-0.15, -0.1) is 0 Å². The maximum Gasteiger partial charge on any atom is 0.423 e. The molecule has 0 unspecified atom stereocenters. The molecule has 0 aliphatic carbocycles. The molecule has 2 aliphatic rings. The van der Waals surface area contributed by atoms with E-state index in [4.69, 9.17) is 0 Å². The standard InChI is InChI=1S/C25H28F6N6O3/c26-24(27,28)17-1-4-22(32-16-17)35-13-11-34(12-14-35)8-7-23(38)36-9-5-18(6-10-36)33-19-2-3-21(37(39)40)20(15-19)25(29,30)31/h1-4,15-16,18,33H,5-14H2. The van der Waals surface area contributed by atoms with Gasteiger partial charge >= 0.3 is 12.4 Å². The van der Waals surface area contributed by atoms with E-state index in [1.165, 1.54) is 12.1 Å². The lowest BCUT2D eigenvalue weighted by Crippen LogP contribution is -2.48. The average Bonchev–Trinajstić information content (AvgIpc) is 2.91. The molecular weight excluding hydrogens is 546 g/mol. The summed E-state index contributed by atoms with van der Waals surface area (Å²) >= 11 is 0. The number of carbonyl (C=O) groups excluding carboxylic acids is 1. The van der Waals surface area contributed by atoms with Crippen LogP contribution in [-0.2, 0) is 17.1 Å². The summed E-state index contributed by atoms with van der Waals surface area (Å²) in [5.74, 6) is 0.448. The molecule has 15 heteroatoms. The number of pyridine rings is 1. The Morgan fingerprint density at radius 3 is 2.20 bits per heavy atom. The number of nitrogens with one attached hydrogen (secondary N) is 1. The van der Waals surface area contributed by atoms with Crippen LogP contribution >= 0.6 is 0 Å². The Kier molecular flexibility index (Phi) is 8.71. The van der Waals surface area contributed by atoms with Crippen LogP contribution < -0.4 is 10.2 Å². The molecule has 2 saturated heterocycles. The molecule has 218 valence electrons. The predicted octanol–water partition coefficient (Wildman–Crippen LogP) is 4.64. The van der Waals surface area contributed by atoms with Crippen LogP contribution in [0.25, 0.3) is 0 Å². The SMILES string of the molecule is O=C(CCN1CCN(c2ccc(C(F)(F)F)cn2)CC1)N1CCC(Nc2ccc([N+](=O)[O-])c(C(F)(F)F)c2)CC1. The third-order valence-corrected chi connectivity index (χ3v) is 7.13. The molecule has 0 atom stereocenters. The molecule has 1 amide bonds. The van der Waals surface area contributed by atoms with Gasteiger partial charge in [0.1, 0.15) is 11.4 Å². The van der Waals surface area contributed by atoms with Gasteiger partial charge in [-0.1, -0.05) is 0 Å². The van der Waals surface area contributed by atoms with Crippen molar-refractivity contribution in [1.29, 1.82) is 0 Å². The Morgan fingerprint density at radius 2 is 1.65 bits per heavy atom. The van der Waals surface area contributed by atoms with Crippen molar-refractivity contribution < 1.29 is 36.1 Å². The van der Waals surface area contributed by atoms with E-state index in [0.717, 1.165) is 24.4 Å². The van der Waals surface area contributed by atoms with Crippen LogP contribution in [0.2, 0.25) is 0 Å². The van der Waals surface area contributed by atoms with Crippen molar-refractivity contribution in [1.82, 2.24) is 14.8 Å². The highest BCUT2D eigenvalue weighted by Crippen LogP contribution is 2.38. The highest BCUT2D eigenvalue weighted by atomic mass is 19.4. The number of nitro benzene ring substituents is 1. The molecule has 0 saturated carbocycles. The number of piperazine rings is 1. The molecule has 2 aliphatic heterocycles. The van der Waals surface area contributed by atoms with Crippen molar-refractivity contribution in [3.63, 3.8) is 0 Å². The van der Waals surface area contributed by atoms with Crippen molar-refractivity contribution in [2.75, 3.05) is 56.0 Å². The molecule has 0 radical (unpaired) electrons. The molecular formula is C25H28F6N6O3. The summed E-state index contributed by atoms with van der Waals surface area (Å²) in [7, 11) is 0. The van der Waals surface area contributed by atoms with Gasteiger partial charge in [0.05, 0.1) is 10.5 Å². The monoisotopic (exact) mass is 574 g/mol. The second kappa shape index (κ2) is 11.9. The van der Waals surface area contributed by atoms with E-state index in [1.54, 1.807) is 4.90 Å². The van der Waals surface area contributed by atoms with Crippen molar-refractivity contribution in [3.05, 3.63) is 57.8 Å². The zero-order chi connectivity index (χ0) is 29.1. The average molecular weight is 575 g/mol. The summed E-state index contributed by atoms with van der Waals surface area (Å²) in [4.78, 5) is 32.3. The summed E-state index contributed by atoms with van der Waals surface area (Å²) in [5, 5.41) is 13.9. The third kappa shape index (κ3) is 7.31. The Bertz CT molecular complexity index is 1190. The smallest absolute Gasteiger partial charge is 0.382 e.